The maximum absolute atomic E-state index is 6.00. The van der Waals surface area contributed by atoms with E-state index in [9.17, 15) is 0 Å². The quantitative estimate of drug-likeness (QED) is 0.823. The molecule has 1 aromatic rings. The maximum Gasteiger partial charge on any atom is 0.115 e. The van der Waals surface area contributed by atoms with Gasteiger partial charge in [0.1, 0.15) is 5.03 Å². The highest BCUT2D eigenvalue weighted by molar-refractivity contribution is 7.99. The van der Waals surface area contributed by atoms with Gasteiger partial charge in [-0.25, -0.2) is 4.98 Å². The highest BCUT2D eigenvalue weighted by Crippen LogP contribution is 2.25. The molecule has 1 aliphatic rings. The van der Waals surface area contributed by atoms with Crippen molar-refractivity contribution in [1.29, 1.82) is 0 Å². The zero-order valence-electron chi connectivity index (χ0n) is 8.28. The average Bonchev–Trinajstić information content (AvgIpc) is 2.29. The first-order chi connectivity index (χ1) is 7.36. The van der Waals surface area contributed by atoms with Gasteiger partial charge < -0.3 is 10.1 Å². The Labute approximate surface area is 98.6 Å². The van der Waals surface area contributed by atoms with Crippen molar-refractivity contribution in [3.8, 4) is 0 Å². The molecule has 2 rings (SSSR count). The second-order valence-electron chi connectivity index (χ2n) is 3.30. The number of nitrogens with zero attached hydrogens (tertiary/aromatic N) is 1. The largest absolute Gasteiger partial charge is 0.375 e. The van der Waals surface area contributed by atoms with Crippen LogP contribution in [0.2, 0.25) is 5.02 Å². The van der Waals surface area contributed by atoms with Crippen molar-refractivity contribution in [3.05, 3.63) is 23.4 Å². The Morgan fingerprint density at radius 3 is 3.33 bits per heavy atom. The van der Waals surface area contributed by atoms with E-state index < -0.39 is 0 Å². The molecule has 0 amide bonds. The van der Waals surface area contributed by atoms with E-state index in [4.69, 9.17) is 16.3 Å². The van der Waals surface area contributed by atoms with Crippen molar-refractivity contribution in [1.82, 2.24) is 10.3 Å². The van der Waals surface area contributed by atoms with E-state index in [2.05, 4.69) is 10.3 Å². The number of hydrogen-bond acceptors (Lipinski definition) is 4. The number of morpholine rings is 1. The van der Waals surface area contributed by atoms with Gasteiger partial charge in [-0.3, -0.25) is 0 Å². The van der Waals surface area contributed by atoms with Gasteiger partial charge in [0.25, 0.3) is 0 Å². The van der Waals surface area contributed by atoms with Crippen LogP contribution in [0.5, 0.6) is 0 Å². The summed E-state index contributed by atoms with van der Waals surface area (Å²) in [5.74, 6) is 0.893. The van der Waals surface area contributed by atoms with Gasteiger partial charge in [0.05, 0.1) is 17.7 Å². The van der Waals surface area contributed by atoms with E-state index in [-0.39, 0.29) is 6.10 Å². The number of aromatic nitrogens is 1. The number of hydrogen-bond donors (Lipinski definition) is 1. The summed E-state index contributed by atoms with van der Waals surface area (Å²) < 4.78 is 5.59. The molecule has 0 aliphatic carbocycles. The molecule has 0 aromatic carbocycles. The smallest absolute Gasteiger partial charge is 0.115 e. The SMILES string of the molecule is Clc1cccnc1SCC1CNCCO1. The minimum atomic E-state index is 0.266. The third kappa shape index (κ3) is 3.34. The molecule has 1 N–H and O–H groups in total. The second-order valence-corrected chi connectivity index (χ2v) is 4.71. The van der Waals surface area contributed by atoms with Crippen LogP contribution >= 0.6 is 23.4 Å². The maximum atomic E-state index is 6.00. The normalized spacial score (nSPS) is 21.5. The van der Waals surface area contributed by atoms with Crippen molar-refractivity contribution >= 4 is 23.4 Å². The third-order valence-electron chi connectivity index (χ3n) is 2.14. The number of nitrogens with one attached hydrogen (secondary N) is 1. The van der Waals surface area contributed by atoms with Crippen molar-refractivity contribution in [3.63, 3.8) is 0 Å². The van der Waals surface area contributed by atoms with E-state index in [0.29, 0.717) is 5.02 Å². The van der Waals surface area contributed by atoms with Crippen LogP contribution in [0.4, 0.5) is 0 Å². The molecule has 0 spiro atoms. The van der Waals surface area contributed by atoms with Crippen molar-refractivity contribution < 1.29 is 4.74 Å². The summed E-state index contributed by atoms with van der Waals surface area (Å²) >= 11 is 7.65. The molecule has 1 aromatic heterocycles. The zero-order valence-corrected chi connectivity index (χ0v) is 9.85. The summed E-state index contributed by atoms with van der Waals surface area (Å²) in [5.41, 5.74) is 0. The molecule has 1 saturated heterocycles. The Hall–Kier alpha value is -0.290. The number of pyridine rings is 1. The van der Waals surface area contributed by atoms with Crippen LogP contribution in [0.15, 0.2) is 23.4 Å². The highest BCUT2D eigenvalue weighted by Gasteiger charge is 2.14. The first-order valence-electron chi connectivity index (χ1n) is 4.92. The molecule has 0 radical (unpaired) electrons. The van der Waals surface area contributed by atoms with Crippen LogP contribution in [0, 0.1) is 0 Å². The summed E-state index contributed by atoms with van der Waals surface area (Å²) in [6.45, 7) is 2.66. The lowest BCUT2D eigenvalue weighted by atomic mass is 10.3. The summed E-state index contributed by atoms with van der Waals surface area (Å²) in [5, 5.41) is 4.89. The first-order valence-corrected chi connectivity index (χ1v) is 6.28. The molecule has 15 heavy (non-hydrogen) atoms. The lowest BCUT2D eigenvalue weighted by Gasteiger charge is -2.23. The number of thioether (sulfide) groups is 1. The molecule has 5 heteroatoms. The summed E-state index contributed by atoms with van der Waals surface area (Å²) in [6.07, 6.45) is 2.02. The molecular weight excluding hydrogens is 232 g/mol. The first kappa shape index (κ1) is 11.2. The third-order valence-corrected chi connectivity index (χ3v) is 3.69. The van der Waals surface area contributed by atoms with E-state index >= 15 is 0 Å². The van der Waals surface area contributed by atoms with E-state index in [1.807, 2.05) is 12.1 Å². The van der Waals surface area contributed by atoms with Gasteiger partial charge in [-0.1, -0.05) is 11.6 Å². The minimum absolute atomic E-state index is 0.266. The predicted octanol–water partition coefficient (Wildman–Crippen LogP) is 1.82. The van der Waals surface area contributed by atoms with Gasteiger partial charge in [0.2, 0.25) is 0 Å². The molecule has 1 aliphatic heterocycles. The Morgan fingerprint density at radius 2 is 2.60 bits per heavy atom. The summed E-state index contributed by atoms with van der Waals surface area (Å²) in [7, 11) is 0. The number of rotatable bonds is 3. The van der Waals surface area contributed by atoms with Crippen molar-refractivity contribution in [2.24, 2.45) is 0 Å². The Bertz CT molecular complexity index is 318. The molecule has 1 atom stereocenters. The van der Waals surface area contributed by atoms with Crippen LogP contribution in [0.25, 0.3) is 0 Å². The number of ether oxygens (including phenoxy) is 1. The summed E-state index contributed by atoms with van der Waals surface area (Å²) in [4.78, 5) is 4.22. The molecule has 0 saturated carbocycles. The van der Waals surface area contributed by atoms with Crippen molar-refractivity contribution in [2.45, 2.75) is 11.1 Å². The predicted molar refractivity (Wildman–Crippen MR) is 62.6 cm³/mol. The van der Waals surface area contributed by atoms with Crippen LogP contribution in [-0.2, 0) is 4.74 Å². The van der Waals surface area contributed by atoms with Crippen molar-refractivity contribution in [2.75, 3.05) is 25.4 Å². The van der Waals surface area contributed by atoms with Crippen LogP contribution in [-0.4, -0.2) is 36.5 Å². The fourth-order valence-corrected chi connectivity index (χ4v) is 2.56. The lowest BCUT2D eigenvalue weighted by molar-refractivity contribution is 0.0440. The molecular formula is C10H13ClN2OS. The van der Waals surface area contributed by atoms with Crippen LogP contribution in [0.3, 0.4) is 0 Å². The van der Waals surface area contributed by atoms with Crippen LogP contribution in [0.1, 0.15) is 0 Å². The van der Waals surface area contributed by atoms with Gasteiger partial charge in [-0.05, 0) is 12.1 Å². The van der Waals surface area contributed by atoms with Gasteiger partial charge in [-0.2, -0.15) is 0 Å². The monoisotopic (exact) mass is 244 g/mol. The van der Waals surface area contributed by atoms with E-state index in [1.54, 1.807) is 18.0 Å². The molecule has 82 valence electrons. The Kier molecular flexibility index (Phi) is 4.26. The summed E-state index contributed by atoms with van der Waals surface area (Å²) in [6, 6.07) is 3.70. The Balaban J connectivity index is 1.84. The standard InChI is InChI=1S/C10H13ClN2OS/c11-9-2-1-3-13-10(9)15-7-8-6-12-4-5-14-8/h1-3,8,12H,4-7H2. The van der Waals surface area contributed by atoms with Gasteiger partial charge >= 0.3 is 0 Å². The highest BCUT2D eigenvalue weighted by atomic mass is 35.5. The van der Waals surface area contributed by atoms with Gasteiger partial charge in [0.15, 0.2) is 0 Å². The molecule has 1 fully saturated rings. The average molecular weight is 245 g/mol. The fraction of sp³-hybridized carbons (Fsp3) is 0.500. The number of halogens is 1. The van der Waals surface area contributed by atoms with Gasteiger partial charge in [-0.15, -0.1) is 11.8 Å². The lowest BCUT2D eigenvalue weighted by Crippen LogP contribution is -2.39. The zero-order chi connectivity index (χ0) is 10.5. The Morgan fingerprint density at radius 1 is 1.67 bits per heavy atom. The van der Waals surface area contributed by atoms with E-state index in [1.165, 1.54) is 0 Å². The molecule has 0 bridgehead atoms. The molecule has 1 unspecified atom stereocenters. The fourth-order valence-electron chi connectivity index (χ4n) is 1.38. The topological polar surface area (TPSA) is 34.2 Å². The minimum Gasteiger partial charge on any atom is -0.375 e. The van der Waals surface area contributed by atoms with Crippen LogP contribution < -0.4 is 5.32 Å². The second kappa shape index (κ2) is 5.70. The molecule has 2 heterocycles. The van der Waals surface area contributed by atoms with E-state index in [0.717, 1.165) is 30.5 Å². The van der Waals surface area contributed by atoms with Gasteiger partial charge in [0, 0.05) is 25.0 Å². The molecule has 3 nitrogen and oxygen atoms in total.